The maximum Gasteiger partial charge on any atom is 0.337 e. The number of aromatic carboxylic acids is 1. The van der Waals surface area contributed by atoms with Crippen molar-refractivity contribution in [2.45, 2.75) is 39.7 Å². The van der Waals surface area contributed by atoms with Crippen LogP contribution in [-0.4, -0.2) is 20.6 Å². The first-order chi connectivity index (χ1) is 9.56. The maximum atomic E-state index is 11.3. The molecule has 1 aromatic carbocycles. The van der Waals surface area contributed by atoms with Gasteiger partial charge in [0.15, 0.2) is 0 Å². The van der Waals surface area contributed by atoms with Crippen LogP contribution < -0.4 is 0 Å². The van der Waals surface area contributed by atoms with Crippen molar-refractivity contribution >= 4 is 17.0 Å². The first-order valence-electron chi connectivity index (χ1n) is 7.25. The molecule has 1 aromatic heterocycles. The molecule has 1 N–H and O–H groups in total. The third-order valence-corrected chi connectivity index (χ3v) is 4.44. The van der Waals surface area contributed by atoms with E-state index in [9.17, 15) is 9.90 Å². The molecule has 3 rings (SSSR count). The van der Waals surface area contributed by atoms with Gasteiger partial charge in [0.05, 0.1) is 11.1 Å². The summed E-state index contributed by atoms with van der Waals surface area (Å²) in [5.41, 5.74) is 1.86. The molecule has 4 nitrogen and oxygen atoms in total. The molecule has 1 heterocycles. The average Bonchev–Trinajstić information content (AvgIpc) is 2.94. The van der Waals surface area contributed by atoms with E-state index in [4.69, 9.17) is 0 Å². The predicted molar refractivity (Wildman–Crippen MR) is 77.9 cm³/mol. The Morgan fingerprint density at radius 2 is 2.25 bits per heavy atom. The fourth-order valence-corrected chi connectivity index (χ4v) is 3.42. The molecule has 0 amide bonds. The van der Waals surface area contributed by atoms with Crippen LogP contribution in [0.25, 0.3) is 11.0 Å². The van der Waals surface area contributed by atoms with Gasteiger partial charge in [-0.15, -0.1) is 0 Å². The highest BCUT2D eigenvalue weighted by Crippen LogP contribution is 2.32. The van der Waals surface area contributed by atoms with Gasteiger partial charge in [-0.3, -0.25) is 0 Å². The Bertz CT molecular complexity index is 660. The lowest BCUT2D eigenvalue weighted by Gasteiger charge is -2.13. The van der Waals surface area contributed by atoms with Gasteiger partial charge in [-0.1, -0.05) is 19.4 Å². The number of aromatic nitrogens is 2. The number of nitrogens with zero attached hydrogens (tertiary/aromatic N) is 2. The molecular weight excluding hydrogens is 252 g/mol. The molecular formula is C16H20N2O2. The fourth-order valence-electron chi connectivity index (χ4n) is 3.42. The smallest absolute Gasteiger partial charge is 0.337 e. The Balaban J connectivity index is 2.01. The third kappa shape index (κ3) is 2.19. The molecule has 0 aliphatic heterocycles. The Kier molecular flexibility index (Phi) is 3.24. The van der Waals surface area contributed by atoms with E-state index in [2.05, 4.69) is 16.5 Å². The van der Waals surface area contributed by atoms with Gasteiger partial charge >= 0.3 is 5.97 Å². The molecule has 1 fully saturated rings. The highest BCUT2D eigenvalue weighted by atomic mass is 16.4. The van der Waals surface area contributed by atoms with Gasteiger partial charge in [0.25, 0.3) is 0 Å². The summed E-state index contributed by atoms with van der Waals surface area (Å²) < 4.78 is 2.18. The van der Waals surface area contributed by atoms with Crippen molar-refractivity contribution in [3.05, 3.63) is 29.6 Å². The number of benzene rings is 1. The summed E-state index contributed by atoms with van der Waals surface area (Å²) in [5.74, 6) is 1.50. The van der Waals surface area contributed by atoms with Crippen LogP contribution in [0, 0.1) is 18.8 Å². The van der Waals surface area contributed by atoms with Crippen LogP contribution in [0.4, 0.5) is 0 Å². The van der Waals surface area contributed by atoms with Gasteiger partial charge in [0.2, 0.25) is 0 Å². The molecule has 0 radical (unpaired) electrons. The summed E-state index contributed by atoms with van der Waals surface area (Å²) in [6.07, 6.45) is 3.83. The van der Waals surface area contributed by atoms with Crippen LogP contribution in [0.15, 0.2) is 18.2 Å². The second-order valence-corrected chi connectivity index (χ2v) is 6.03. The maximum absolute atomic E-state index is 11.3. The van der Waals surface area contributed by atoms with Crippen molar-refractivity contribution in [3.63, 3.8) is 0 Å². The van der Waals surface area contributed by atoms with E-state index >= 15 is 0 Å². The Hall–Kier alpha value is -1.84. The van der Waals surface area contributed by atoms with Gasteiger partial charge < -0.3 is 9.67 Å². The first-order valence-corrected chi connectivity index (χ1v) is 7.25. The lowest BCUT2D eigenvalue weighted by Crippen LogP contribution is -2.09. The number of aryl methyl sites for hydroxylation is 1. The zero-order chi connectivity index (χ0) is 14.3. The standard InChI is InChI=1S/C16H20N2O2/c1-10-6-7-12(8-10)9-18-11(2)17-15-13(16(19)20)4-3-5-14(15)18/h3-5,10,12H,6-9H2,1-2H3,(H,19,20). The summed E-state index contributed by atoms with van der Waals surface area (Å²) in [6, 6.07) is 5.40. The third-order valence-electron chi connectivity index (χ3n) is 4.44. The van der Waals surface area contributed by atoms with Gasteiger partial charge in [0.1, 0.15) is 11.3 Å². The summed E-state index contributed by atoms with van der Waals surface area (Å²) in [7, 11) is 0. The van der Waals surface area contributed by atoms with E-state index in [0.717, 1.165) is 23.8 Å². The topological polar surface area (TPSA) is 55.1 Å². The van der Waals surface area contributed by atoms with Crippen LogP contribution in [0.2, 0.25) is 0 Å². The van der Waals surface area contributed by atoms with E-state index in [0.29, 0.717) is 17.0 Å². The van der Waals surface area contributed by atoms with E-state index in [1.54, 1.807) is 12.1 Å². The molecule has 2 aromatic rings. The highest BCUT2D eigenvalue weighted by Gasteiger charge is 2.23. The van der Waals surface area contributed by atoms with Crippen LogP contribution in [0.1, 0.15) is 42.4 Å². The average molecular weight is 272 g/mol. The summed E-state index contributed by atoms with van der Waals surface area (Å²) in [5, 5.41) is 9.25. The Labute approximate surface area is 118 Å². The molecule has 106 valence electrons. The molecule has 0 bridgehead atoms. The number of carboxylic acid groups (broad SMARTS) is 1. The number of hydrogen-bond donors (Lipinski definition) is 1. The normalized spacial score (nSPS) is 22.5. The number of hydrogen-bond acceptors (Lipinski definition) is 2. The minimum Gasteiger partial charge on any atom is -0.478 e. The lowest BCUT2D eigenvalue weighted by atomic mass is 10.1. The molecule has 0 spiro atoms. The summed E-state index contributed by atoms with van der Waals surface area (Å²) >= 11 is 0. The molecule has 20 heavy (non-hydrogen) atoms. The summed E-state index contributed by atoms with van der Waals surface area (Å²) in [4.78, 5) is 15.8. The molecule has 2 atom stereocenters. The zero-order valence-electron chi connectivity index (χ0n) is 12.0. The molecule has 4 heteroatoms. The Morgan fingerprint density at radius 1 is 1.45 bits per heavy atom. The monoisotopic (exact) mass is 272 g/mol. The highest BCUT2D eigenvalue weighted by molar-refractivity contribution is 6.01. The number of fused-ring (bicyclic) bond motifs is 1. The number of carbonyl (C=O) groups is 1. The Morgan fingerprint density at radius 3 is 2.90 bits per heavy atom. The second-order valence-electron chi connectivity index (χ2n) is 6.03. The van der Waals surface area contributed by atoms with Crippen molar-refractivity contribution in [2.75, 3.05) is 0 Å². The number of carboxylic acids is 1. The molecule has 0 saturated heterocycles. The van der Waals surface area contributed by atoms with Crippen molar-refractivity contribution in [1.29, 1.82) is 0 Å². The minimum atomic E-state index is -0.908. The van der Waals surface area contributed by atoms with Crippen LogP contribution >= 0.6 is 0 Å². The predicted octanol–water partition coefficient (Wildman–Crippen LogP) is 3.48. The lowest BCUT2D eigenvalue weighted by molar-refractivity contribution is 0.0699. The second kappa shape index (κ2) is 4.93. The van der Waals surface area contributed by atoms with E-state index in [-0.39, 0.29) is 0 Å². The first kappa shape index (κ1) is 13.2. The quantitative estimate of drug-likeness (QED) is 0.930. The van der Waals surface area contributed by atoms with E-state index in [1.807, 2.05) is 13.0 Å². The van der Waals surface area contributed by atoms with Crippen molar-refractivity contribution < 1.29 is 9.90 Å². The fraction of sp³-hybridized carbons (Fsp3) is 0.500. The van der Waals surface area contributed by atoms with Crippen molar-refractivity contribution in [2.24, 2.45) is 11.8 Å². The summed E-state index contributed by atoms with van der Waals surface area (Å²) in [6.45, 7) is 5.22. The number of para-hydroxylation sites is 1. The molecule has 1 aliphatic carbocycles. The van der Waals surface area contributed by atoms with Crippen molar-refractivity contribution in [1.82, 2.24) is 9.55 Å². The van der Waals surface area contributed by atoms with E-state index in [1.165, 1.54) is 19.3 Å². The largest absolute Gasteiger partial charge is 0.478 e. The van der Waals surface area contributed by atoms with Crippen molar-refractivity contribution in [3.8, 4) is 0 Å². The van der Waals surface area contributed by atoms with E-state index < -0.39 is 5.97 Å². The number of rotatable bonds is 3. The van der Waals surface area contributed by atoms with Gasteiger partial charge in [-0.2, -0.15) is 0 Å². The zero-order valence-corrected chi connectivity index (χ0v) is 12.0. The molecule has 1 aliphatic rings. The minimum absolute atomic E-state index is 0.295. The molecule has 2 unspecified atom stereocenters. The molecule has 1 saturated carbocycles. The van der Waals surface area contributed by atoms with Crippen LogP contribution in [-0.2, 0) is 6.54 Å². The SMILES string of the molecule is Cc1nc2c(C(=O)O)cccc2n1CC1CCC(C)C1. The van der Waals surface area contributed by atoms with Crippen LogP contribution in [0.5, 0.6) is 0 Å². The van der Waals surface area contributed by atoms with Gasteiger partial charge in [-0.25, -0.2) is 9.78 Å². The van der Waals surface area contributed by atoms with Gasteiger partial charge in [-0.05, 0) is 43.7 Å². The van der Waals surface area contributed by atoms with Gasteiger partial charge in [0, 0.05) is 6.54 Å². The number of imidazole rings is 1. The van der Waals surface area contributed by atoms with Crippen LogP contribution in [0.3, 0.4) is 0 Å².